The molecule has 0 aliphatic heterocycles. The van der Waals surface area contributed by atoms with E-state index in [-0.39, 0.29) is 11.8 Å². The molecule has 0 amide bonds. The first-order valence-corrected chi connectivity index (χ1v) is 4.68. The minimum Gasteiger partial charge on any atom is -0.508 e. The zero-order valence-electron chi connectivity index (χ0n) is 8.34. The number of phenols is 1. The first-order valence-electron chi connectivity index (χ1n) is 4.68. The van der Waals surface area contributed by atoms with Gasteiger partial charge in [0.1, 0.15) is 5.75 Å². The lowest BCUT2D eigenvalue weighted by molar-refractivity contribution is 0.368. The van der Waals surface area contributed by atoms with Crippen molar-refractivity contribution in [3.63, 3.8) is 0 Å². The summed E-state index contributed by atoms with van der Waals surface area (Å²) in [6.07, 6.45) is 1.63. The summed E-state index contributed by atoms with van der Waals surface area (Å²) in [7, 11) is 0. The van der Waals surface area contributed by atoms with Gasteiger partial charge >= 0.3 is 0 Å². The van der Waals surface area contributed by atoms with Crippen LogP contribution >= 0.6 is 0 Å². The maximum Gasteiger partial charge on any atom is 0.160 e. The van der Waals surface area contributed by atoms with Gasteiger partial charge < -0.3 is 15.4 Å². The first kappa shape index (κ1) is 9.73. The van der Waals surface area contributed by atoms with Crippen LogP contribution in [-0.2, 0) is 0 Å². The molecule has 0 saturated heterocycles. The molecule has 2 rings (SSSR count). The summed E-state index contributed by atoms with van der Waals surface area (Å²) < 4.78 is 5.07. The Labute approximate surface area is 87.3 Å². The smallest absolute Gasteiger partial charge is 0.160 e. The second-order valence-corrected chi connectivity index (χ2v) is 3.44. The lowest BCUT2D eigenvalue weighted by atomic mass is 10.0. The van der Waals surface area contributed by atoms with Crippen molar-refractivity contribution in [1.82, 2.24) is 5.16 Å². The fourth-order valence-electron chi connectivity index (χ4n) is 1.43. The van der Waals surface area contributed by atoms with Crippen LogP contribution in [0.2, 0.25) is 0 Å². The fraction of sp³-hybridized carbons (Fsp3) is 0.182. The summed E-state index contributed by atoms with van der Waals surface area (Å²) in [6, 6.07) is 6.64. The third-order valence-corrected chi connectivity index (χ3v) is 2.19. The fourth-order valence-corrected chi connectivity index (χ4v) is 1.43. The van der Waals surface area contributed by atoms with Crippen LogP contribution in [0.3, 0.4) is 0 Å². The predicted octanol–water partition coefficient (Wildman–Crippen LogP) is 2.07. The Morgan fingerprint density at radius 2 is 2.00 bits per heavy atom. The van der Waals surface area contributed by atoms with E-state index in [1.165, 1.54) is 0 Å². The topological polar surface area (TPSA) is 72.3 Å². The molecule has 0 bridgehead atoms. The van der Waals surface area contributed by atoms with Crippen LogP contribution in [0.4, 0.5) is 0 Å². The van der Waals surface area contributed by atoms with Crippen molar-refractivity contribution in [2.24, 2.45) is 5.73 Å². The molecule has 4 heteroatoms. The van der Waals surface area contributed by atoms with E-state index in [2.05, 4.69) is 5.16 Å². The van der Waals surface area contributed by atoms with Gasteiger partial charge in [-0.3, -0.25) is 0 Å². The van der Waals surface area contributed by atoms with Gasteiger partial charge in [0.25, 0.3) is 0 Å². The molecule has 1 unspecified atom stereocenters. The van der Waals surface area contributed by atoms with Crippen molar-refractivity contribution >= 4 is 0 Å². The summed E-state index contributed by atoms with van der Waals surface area (Å²) in [5.41, 5.74) is 7.54. The summed E-state index contributed by atoms with van der Waals surface area (Å²) in [5.74, 6) is 0.887. The van der Waals surface area contributed by atoms with Crippen LogP contribution in [0.5, 0.6) is 5.75 Å². The van der Waals surface area contributed by atoms with Gasteiger partial charge in [-0.2, -0.15) is 0 Å². The van der Waals surface area contributed by atoms with E-state index in [1.54, 1.807) is 30.5 Å². The number of hydrogen-bond donors (Lipinski definition) is 2. The molecule has 2 aromatic rings. The van der Waals surface area contributed by atoms with E-state index in [9.17, 15) is 0 Å². The number of rotatable bonds is 2. The number of nitrogens with two attached hydrogens (primary N) is 1. The van der Waals surface area contributed by atoms with Crippen molar-refractivity contribution in [1.29, 1.82) is 0 Å². The molecule has 0 aliphatic carbocycles. The molecule has 1 atom stereocenters. The molecule has 0 spiro atoms. The Hall–Kier alpha value is -1.81. The van der Waals surface area contributed by atoms with Crippen LogP contribution in [0, 0.1) is 0 Å². The summed E-state index contributed by atoms with van der Waals surface area (Å²) in [4.78, 5) is 0. The van der Waals surface area contributed by atoms with Crippen LogP contribution in [0.1, 0.15) is 18.7 Å². The number of benzene rings is 1. The number of hydrogen-bond acceptors (Lipinski definition) is 4. The molecule has 0 fully saturated rings. The minimum absolute atomic E-state index is 0.198. The molecule has 78 valence electrons. The van der Waals surface area contributed by atoms with E-state index >= 15 is 0 Å². The van der Waals surface area contributed by atoms with Gasteiger partial charge in [-0.1, -0.05) is 17.3 Å². The lowest BCUT2D eigenvalue weighted by Gasteiger charge is -2.03. The van der Waals surface area contributed by atoms with Crippen LogP contribution < -0.4 is 5.73 Å². The van der Waals surface area contributed by atoms with Crippen molar-refractivity contribution < 1.29 is 9.63 Å². The Bertz CT molecular complexity index is 446. The zero-order chi connectivity index (χ0) is 10.8. The lowest BCUT2D eigenvalue weighted by Crippen LogP contribution is -2.04. The Morgan fingerprint density at radius 3 is 2.60 bits per heavy atom. The highest BCUT2D eigenvalue weighted by Crippen LogP contribution is 2.28. The molecule has 0 aliphatic rings. The van der Waals surface area contributed by atoms with Crippen molar-refractivity contribution in [2.75, 3.05) is 0 Å². The maximum atomic E-state index is 9.17. The number of aromatic nitrogens is 1. The van der Waals surface area contributed by atoms with E-state index in [0.29, 0.717) is 5.76 Å². The molecular formula is C11H12N2O2. The molecule has 1 heterocycles. The van der Waals surface area contributed by atoms with Gasteiger partial charge in [-0.05, 0) is 24.6 Å². The average molecular weight is 204 g/mol. The second-order valence-electron chi connectivity index (χ2n) is 3.44. The number of phenolic OH excluding ortho intramolecular Hbond substituents is 1. The molecule has 0 radical (unpaired) electrons. The van der Waals surface area contributed by atoms with Gasteiger partial charge in [-0.15, -0.1) is 0 Å². The van der Waals surface area contributed by atoms with Crippen molar-refractivity contribution in [2.45, 2.75) is 13.0 Å². The quantitative estimate of drug-likeness (QED) is 0.785. The maximum absolute atomic E-state index is 9.17. The van der Waals surface area contributed by atoms with Crippen LogP contribution in [0.15, 0.2) is 35.0 Å². The highest BCUT2D eigenvalue weighted by Gasteiger charge is 2.13. The zero-order valence-corrected chi connectivity index (χ0v) is 8.34. The molecule has 3 N–H and O–H groups in total. The van der Waals surface area contributed by atoms with E-state index < -0.39 is 0 Å². The first-order chi connectivity index (χ1) is 7.18. The molecule has 1 aromatic heterocycles. The number of nitrogens with zero attached hydrogens (tertiary/aromatic N) is 1. The Kier molecular flexibility index (Phi) is 2.43. The summed E-state index contributed by atoms with van der Waals surface area (Å²) in [5, 5.41) is 12.9. The summed E-state index contributed by atoms with van der Waals surface area (Å²) >= 11 is 0. The minimum atomic E-state index is -0.198. The van der Waals surface area contributed by atoms with E-state index in [0.717, 1.165) is 11.1 Å². The van der Waals surface area contributed by atoms with Crippen LogP contribution in [0.25, 0.3) is 11.1 Å². The van der Waals surface area contributed by atoms with Gasteiger partial charge in [0, 0.05) is 5.56 Å². The van der Waals surface area contributed by atoms with Gasteiger partial charge in [-0.25, -0.2) is 0 Å². The Balaban J connectivity index is 2.45. The predicted molar refractivity (Wildman–Crippen MR) is 56.2 cm³/mol. The number of aromatic hydroxyl groups is 1. The van der Waals surface area contributed by atoms with Gasteiger partial charge in [0.05, 0.1) is 12.2 Å². The Morgan fingerprint density at radius 1 is 1.33 bits per heavy atom. The van der Waals surface area contributed by atoms with Crippen molar-refractivity contribution in [3.05, 3.63) is 36.2 Å². The van der Waals surface area contributed by atoms with Gasteiger partial charge in [0.15, 0.2) is 5.76 Å². The van der Waals surface area contributed by atoms with E-state index in [4.69, 9.17) is 15.4 Å². The highest BCUT2D eigenvalue weighted by atomic mass is 16.5. The molecule has 15 heavy (non-hydrogen) atoms. The normalized spacial score (nSPS) is 12.7. The standard InChI is InChI=1S/C11H12N2O2/c1-7(12)11-10(6-13-15-11)8-2-4-9(14)5-3-8/h2-7,14H,12H2,1H3. The van der Waals surface area contributed by atoms with Crippen LogP contribution in [-0.4, -0.2) is 10.3 Å². The average Bonchev–Trinajstić information content (AvgIpc) is 2.67. The largest absolute Gasteiger partial charge is 0.508 e. The van der Waals surface area contributed by atoms with E-state index in [1.807, 2.05) is 6.92 Å². The molecule has 4 nitrogen and oxygen atoms in total. The SMILES string of the molecule is CC(N)c1oncc1-c1ccc(O)cc1. The third-order valence-electron chi connectivity index (χ3n) is 2.19. The second kappa shape index (κ2) is 3.74. The van der Waals surface area contributed by atoms with Gasteiger partial charge in [0.2, 0.25) is 0 Å². The van der Waals surface area contributed by atoms with Crippen molar-refractivity contribution in [3.8, 4) is 16.9 Å². The molecular weight excluding hydrogens is 192 g/mol. The molecule has 1 aromatic carbocycles. The third kappa shape index (κ3) is 1.85. The molecule has 0 saturated carbocycles. The summed E-state index contributed by atoms with van der Waals surface area (Å²) in [6.45, 7) is 1.84. The monoisotopic (exact) mass is 204 g/mol. The highest BCUT2D eigenvalue weighted by molar-refractivity contribution is 5.65.